The molecule has 1 aliphatic carbocycles. The van der Waals surface area contributed by atoms with Crippen molar-refractivity contribution in [3.63, 3.8) is 0 Å². The normalized spacial score (nSPS) is 22.4. The summed E-state index contributed by atoms with van der Waals surface area (Å²) in [6.45, 7) is 6.55. The predicted octanol–water partition coefficient (Wildman–Crippen LogP) is 1.89. The van der Waals surface area contributed by atoms with Gasteiger partial charge in [-0.25, -0.2) is 0 Å². The second kappa shape index (κ2) is 4.97. The van der Waals surface area contributed by atoms with Gasteiger partial charge in [-0.3, -0.25) is 0 Å². The van der Waals surface area contributed by atoms with Crippen LogP contribution in [0.4, 0.5) is 0 Å². The molecule has 1 unspecified atom stereocenters. The van der Waals surface area contributed by atoms with Crippen LogP contribution in [0.15, 0.2) is 0 Å². The summed E-state index contributed by atoms with van der Waals surface area (Å²) >= 11 is 0. The van der Waals surface area contributed by atoms with E-state index in [-0.39, 0.29) is 0 Å². The molecule has 2 heteroatoms. The molecule has 0 bridgehead atoms. The molecule has 1 saturated carbocycles. The average molecular weight is 184 g/mol. The smallest absolute Gasteiger partial charge is 0.0153 e. The molecule has 1 rings (SSSR count). The first kappa shape index (κ1) is 11.0. The molecule has 13 heavy (non-hydrogen) atoms. The first-order valence-corrected chi connectivity index (χ1v) is 5.65. The van der Waals surface area contributed by atoms with Crippen molar-refractivity contribution in [2.75, 3.05) is 13.1 Å². The summed E-state index contributed by atoms with van der Waals surface area (Å²) in [5.41, 5.74) is 6.12. The van der Waals surface area contributed by atoms with Gasteiger partial charge in [-0.05, 0) is 51.6 Å². The Balaban J connectivity index is 2.05. The molecule has 0 aromatic carbocycles. The highest BCUT2D eigenvalue weighted by atomic mass is 15.0. The zero-order valence-electron chi connectivity index (χ0n) is 9.10. The Morgan fingerprint density at radius 1 is 1.46 bits per heavy atom. The Labute approximate surface area is 82.3 Å². The third-order valence-electron chi connectivity index (χ3n) is 3.47. The van der Waals surface area contributed by atoms with Gasteiger partial charge in [-0.1, -0.05) is 13.3 Å². The fourth-order valence-corrected chi connectivity index (χ4v) is 1.95. The van der Waals surface area contributed by atoms with Crippen LogP contribution in [-0.4, -0.2) is 18.6 Å². The molecule has 78 valence electrons. The number of nitrogens with two attached hydrogens (primary N) is 1. The van der Waals surface area contributed by atoms with Crippen molar-refractivity contribution in [3.8, 4) is 0 Å². The third-order valence-corrected chi connectivity index (χ3v) is 3.47. The van der Waals surface area contributed by atoms with E-state index in [2.05, 4.69) is 19.2 Å². The van der Waals surface area contributed by atoms with Gasteiger partial charge in [0, 0.05) is 5.54 Å². The lowest BCUT2D eigenvalue weighted by atomic mass is 9.78. The fourth-order valence-electron chi connectivity index (χ4n) is 1.95. The molecule has 1 fully saturated rings. The summed E-state index contributed by atoms with van der Waals surface area (Å²) in [5, 5.41) is 3.64. The molecule has 0 spiro atoms. The van der Waals surface area contributed by atoms with Crippen LogP contribution in [0.25, 0.3) is 0 Å². The summed E-state index contributed by atoms with van der Waals surface area (Å²) in [6, 6.07) is 0. The van der Waals surface area contributed by atoms with Gasteiger partial charge >= 0.3 is 0 Å². The maximum absolute atomic E-state index is 5.65. The molecule has 0 amide bonds. The Kier molecular flexibility index (Phi) is 4.20. The number of rotatable bonds is 6. The second-order valence-electron chi connectivity index (χ2n) is 4.64. The van der Waals surface area contributed by atoms with Crippen LogP contribution >= 0.6 is 0 Å². The van der Waals surface area contributed by atoms with Gasteiger partial charge in [0.1, 0.15) is 0 Å². The van der Waals surface area contributed by atoms with E-state index in [0.717, 1.165) is 19.0 Å². The van der Waals surface area contributed by atoms with Gasteiger partial charge in [0.15, 0.2) is 0 Å². The van der Waals surface area contributed by atoms with Crippen molar-refractivity contribution < 1.29 is 0 Å². The van der Waals surface area contributed by atoms with E-state index in [0.29, 0.717) is 5.54 Å². The van der Waals surface area contributed by atoms with Crippen LogP contribution in [0.3, 0.4) is 0 Å². The lowest BCUT2D eigenvalue weighted by Gasteiger charge is -2.39. The molecule has 3 N–H and O–H groups in total. The number of nitrogens with one attached hydrogen (secondary N) is 1. The summed E-state index contributed by atoms with van der Waals surface area (Å²) in [6.07, 6.45) is 6.56. The van der Waals surface area contributed by atoms with E-state index in [1.54, 1.807) is 0 Å². The van der Waals surface area contributed by atoms with E-state index >= 15 is 0 Å². The lowest BCUT2D eigenvalue weighted by Crippen LogP contribution is -2.48. The molecule has 0 aromatic heterocycles. The summed E-state index contributed by atoms with van der Waals surface area (Å²) in [5.74, 6) is 0.719. The highest BCUT2D eigenvalue weighted by Gasteiger charge is 2.30. The van der Waals surface area contributed by atoms with Crippen molar-refractivity contribution in [3.05, 3.63) is 0 Å². The average Bonchev–Trinajstić information content (AvgIpc) is 2.10. The largest absolute Gasteiger partial charge is 0.330 e. The summed E-state index contributed by atoms with van der Waals surface area (Å²) < 4.78 is 0. The molecule has 0 saturated heterocycles. The lowest BCUT2D eigenvalue weighted by molar-refractivity contribution is 0.204. The summed E-state index contributed by atoms with van der Waals surface area (Å²) in [7, 11) is 0. The van der Waals surface area contributed by atoms with E-state index in [1.165, 1.54) is 32.1 Å². The van der Waals surface area contributed by atoms with Crippen LogP contribution in [-0.2, 0) is 0 Å². The van der Waals surface area contributed by atoms with Crippen LogP contribution < -0.4 is 11.1 Å². The molecule has 0 heterocycles. The monoisotopic (exact) mass is 184 g/mol. The van der Waals surface area contributed by atoms with Crippen molar-refractivity contribution in [2.24, 2.45) is 11.7 Å². The third kappa shape index (κ3) is 3.28. The SMILES string of the molecule is CCC(CN)CCNC1(C)CCC1. The van der Waals surface area contributed by atoms with Crippen molar-refractivity contribution in [2.45, 2.75) is 51.5 Å². The van der Waals surface area contributed by atoms with Gasteiger partial charge < -0.3 is 11.1 Å². The van der Waals surface area contributed by atoms with E-state index < -0.39 is 0 Å². The quantitative estimate of drug-likeness (QED) is 0.661. The maximum Gasteiger partial charge on any atom is 0.0153 e. The highest BCUT2D eigenvalue weighted by molar-refractivity contribution is 4.91. The Hall–Kier alpha value is -0.0800. The van der Waals surface area contributed by atoms with E-state index in [4.69, 9.17) is 5.73 Å². The Morgan fingerprint density at radius 3 is 2.54 bits per heavy atom. The predicted molar refractivity (Wildman–Crippen MR) is 57.7 cm³/mol. The van der Waals surface area contributed by atoms with Gasteiger partial charge in [0.2, 0.25) is 0 Å². The Bertz CT molecular complexity index is 137. The van der Waals surface area contributed by atoms with Crippen LogP contribution in [0.2, 0.25) is 0 Å². The molecule has 1 aliphatic rings. The van der Waals surface area contributed by atoms with Crippen LogP contribution in [0.1, 0.15) is 46.0 Å². The van der Waals surface area contributed by atoms with Crippen molar-refractivity contribution in [1.29, 1.82) is 0 Å². The molecule has 1 atom stereocenters. The first-order chi connectivity index (χ1) is 6.20. The fraction of sp³-hybridized carbons (Fsp3) is 1.00. The molecule has 0 aromatic rings. The zero-order valence-corrected chi connectivity index (χ0v) is 9.10. The van der Waals surface area contributed by atoms with Gasteiger partial charge in [0.05, 0.1) is 0 Å². The molecule has 0 aliphatic heterocycles. The van der Waals surface area contributed by atoms with Gasteiger partial charge in [0.25, 0.3) is 0 Å². The van der Waals surface area contributed by atoms with Crippen molar-refractivity contribution >= 4 is 0 Å². The molecule has 0 radical (unpaired) electrons. The standard InChI is InChI=1S/C11H24N2/c1-3-10(9-12)5-8-13-11(2)6-4-7-11/h10,13H,3-9,12H2,1-2H3. The van der Waals surface area contributed by atoms with Crippen LogP contribution in [0.5, 0.6) is 0 Å². The Morgan fingerprint density at radius 2 is 2.15 bits per heavy atom. The first-order valence-electron chi connectivity index (χ1n) is 5.65. The minimum atomic E-state index is 0.465. The molecule has 2 nitrogen and oxygen atoms in total. The summed E-state index contributed by atoms with van der Waals surface area (Å²) in [4.78, 5) is 0. The highest BCUT2D eigenvalue weighted by Crippen LogP contribution is 2.30. The van der Waals surface area contributed by atoms with E-state index in [1.807, 2.05) is 0 Å². The number of hydrogen-bond donors (Lipinski definition) is 2. The van der Waals surface area contributed by atoms with Gasteiger partial charge in [-0.15, -0.1) is 0 Å². The van der Waals surface area contributed by atoms with Gasteiger partial charge in [-0.2, -0.15) is 0 Å². The minimum Gasteiger partial charge on any atom is -0.330 e. The van der Waals surface area contributed by atoms with Crippen molar-refractivity contribution in [1.82, 2.24) is 5.32 Å². The second-order valence-corrected chi connectivity index (χ2v) is 4.64. The maximum atomic E-state index is 5.65. The molecular formula is C11H24N2. The van der Waals surface area contributed by atoms with E-state index in [9.17, 15) is 0 Å². The van der Waals surface area contributed by atoms with Crippen LogP contribution in [0, 0.1) is 5.92 Å². The number of hydrogen-bond acceptors (Lipinski definition) is 2. The molecular weight excluding hydrogens is 160 g/mol. The minimum absolute atomic E-state index is 0.465. The topological polar surface area (TPSA) is 38.0 Å². The zero-order chi connectivity index (χ0) is 9.73.